The van der Waals surface area contributed by atoms with Crippen LogP contribution in [-0.2, 0) is 9.53 Å². The Morgan fingerprint density at radius 1 is 1.42 bits per heavy atom. The van der Waals surface area contributed by atoms with E-state index in [2.05, 4.69) is 10.1 Å². The van der Waals surface area contributed by atoms with Gasteiger partial charge in [-0.1, -0.05) is 6.07 Å². The second-order valence-corrected chi connectivity index (χ2v) is 6.00. The first-order valence-electron chi connectivity index (χ1n) is 8.89. The molecular formula is C17H21F2NO4. The van der Waals surface area contributed by atoms with Crippen LogP contribution < -0.4 is 14.8 Å². The van der Waals surface area contributed by atoms with Gasteiger partial charge in [-0.2, -0.15) is 8.78 Å². The van der Waals surface area contributed by atoms with E-state index in [-0.39, 0.29) is 29.3 Å². The Morgan fingerprint density at radius 3 is 2.88 bits per heavy atom. The Labute approximate surface area is 142 Å². The van der Waals surface area contributed by atoms with Gasteiger partial charge in [0.2, 0.25) is 0 Å². The van der Waals surface area contributed by atoms with Gasteiger partial charge >= 0.3 is 12.6 Å². The molecule has 3 rings (SSSR count). The van der Waals surface area contributed by atoms with E-state index < -0.39 is 19.2 Å². The van der Waals surface area contributed by atoms with Crippen LogP contribution in [-0.4, -0.2) is 38.8 Å². The monoisotopic (exact) mass is 343 g/mol. The van der Waals surface area contributed by atoms with Crippen molar-refractivity contribution in [2.45, 2.75) is 37.8 Å². The minimum absolute atomic E-state index is 0.0474. The van der Waals surface area contributed by atoms with E-state index in [4.69, 9.17) is 12.2 Å². The predicted molar refractivity (Wildman–Crippen MR) is 82.5 cm³/mol. The van der Waals surface area contributed by atoms with Crippen molar-refractivity contribution in [2.75, 3.05) is 20.2 Å². The number of halogens is 2. The average molecular weight is 343 g/mol. The minimum atomic E-state index is -3.04. The molecular weight excluding hydrogens is 320 g/mol. The van der Waals surface area contributed by atoms with E-state index in [1.165, 1.54) is 19.2 Å². The summed E-state index contributed by atoms with van der Waals surface area (Å²) in [5.74, 6) is -0.909. The van der Waals surface area contributed by atoms with Crippen molar-refractivity contribution in [1.82, 2.24) is 5.32 Å². The Bertz CT molecular complexity index is 670. The molecule has 0 radical (unpaired) electrons. The lowest BCUT2D eigenvalue weighted by Gasteiger charge is -2.16. The number of alkyl halides is 2. The van der Waals surface area contributed by atoms with Crippen molar-refractivity contribution in [3.63, 3.8) is 0 Å². The molecule has 2 fully saturated rings. The zero-order valence-electron chi connectivity index (χ0n) is 15.3. The summed E-state index contributed by atoms with van der Waals surface area (Å²) in [6.45, 7) is -4.46. The van der Waals surface area contributed by atoms with E-state index >= 15 is 0 Å². The highest BCUT2D eigenvalue weighted by Gasteiger charge is 2.31. The lowest BCUT2D eigenvalue weighted by atomic mass is 9.96. The van der Waals surface area contributed by atoms with Crippen LogP contribution in [0.5, 0.6) is 11.5 Å². The number of ether oxygens (including phenoxy) is 3. The molecule has 1 N–H and O–H groups in total. The van der Waals surface area contributed by atoms with E-state index in [0.717, 1.165) is 5.56 Å². The lowest BCUT2D eigenvalue weighted by molar-refractivity contribution is -0.142. The van der Waals surface area contributed by atoms with Gasteiger partial charge in [0.05, 0.1) is 16.4 Å². The van der Waals surface area contributed by atoms with Crippen LogP contribution >= 0.6 is 0 Å². The molecule has 2 atom stereocenters. The van der Waals surface area contributed by atoms with Crippen molar-refractivity contribution in [3.8, 4) is 11.5 Å². The van der Waals surface area contributed by atoms with E-state index in [1.807, 2.05) is 0 Å². The van der Waals surface area contributed by atoms with E-state index in [1.54, 1.807) is 6.07 Å². The van der Waals surface area contributed by atoms with Gasteiger partial charge < -0.3 is 19.5 Å². The summed E-state index contributed by atoms with van der Waals surface area (Å²) in [6, 6.07) is 4.07. The number of hydrogen-bond donors (Lipinski definition) is 1. The maximum absolute atomic E-state index is 12.7. The second kappa shape index (κ2) is 7.34. The molecule has 0 amide bonds. The normalized spacial score (nSPS) is 25.2. The van der Waals surface area contributed by atoms with Crippen LogP contribution in [0.3, 0.4) is 0 Å². The number of benzene rings is 1. The maximum atomic E-state index is 12.7. The van der Waals surface area contributed by atoms with Crippen molar-refractivity contribution >= 4 is 5.97 Å². The third-order valence-corrected chi connectivity index (χ3v) is 4.18. The zero-order valence-corrected chi connectivity index (χ0v) is 13.3. The molecule has 1 aliphatic carbocycles. The van der Waals surface area contributed by atoms with Gasteiger partial charge in [0.1, 0.15) is 6.04 Å². The molecule has 1 aliphatic heterocycles. The molecule has 132 valence electrons. The highest BCUT2D eigenvalue weighted by Crippen LogP contribution is 2.37. The fraction of sp³-hybridized carbons (Fsp3) is 0.588. The van der Waals surface area contributed by atoms with Crippen LogP contribution in [0.15, 0.2) is 18.2 Å². The fourth-order valence-electron chi connectivity index (χ4n) is 2.71. The first kappa shape index (κ1) is 14.5. The molecule has 1 saturated heterocycles. The van der Waals surface area contributed by atoms with Gasteiger partial charge in [0.25, 0.3) is 0 Å². The Morgan fingerprint density at radius 2 is 2.21 bits per heavy atom. The summed E-state index contributed by atoms with van der Waals surface area (Å²) >= 11 is 0. The maximum Gasteiger partial charge on any atom is 0.387 e. The number of methoxy groups -OCH3 is 1. The number of carbonyl (C=O) groups is 1. The predicted octanol–water partition coefficient (Wildman–Crippen LogP) is 2.70. The standard InChI is InChI=1S/C17H21F2NO4/c1-22-16(21)13-6-12(8-20-13)11-4-5-14(24-17(18)19)15(7-11)23-9-10-2-3-10/h4-5,7,10,12-13,17,20H,2-3,6,8-9H2,1H3/i9D2. The SMILES string of the molecule is [2H]C([2H])(Oc1cc(C2CNC(C(=O)OC)C2)ccc1OC(F)F)C1CC1. The van der Waals surface area contributed by atoms with Crippen molar-refractivity contribution in [3.05, 3.63) is 23.8 Å². The largest absolute Gasteiger partial charge is 0.489 e. The third kappa shape index (κ3) is 4.14. The molecule has 2 aliphatic rings. The molecule has 1 heterocycles. The first-order chi connectivity index (χ1) is 12.3. The zero-order chi connectivity index (χ0) is 18.9. The highest BCUT2D eigenvalue weighted by atomic mass is 19.3. The number of carbonyl (C=O) groups excluding carboxylic acids is 1. The molecule has 1 saturated carbocycles. The number of rotatable bonds is 7. The molecule has 0 aromatic heterocycles. The minimum Gasteiger partial charge on any atom is -0.489 e. The summed E-state index contributed by atoms with van der Waals surface area (Å²) in [7, 11) is 1.32. The summed E-state index contributed by atoms with van der Waals surface area (Å²) < 4.78 is 55.9. The number of hydrogen-bond acceptors (Lipinski definition) is 5. The van der Waals surface area contributed by atoms with Crippen molar-refractivity contribution in [1.29, 1.82) is 0 Å². The van der Waals surface area contributed by atoms with Crippen molar-refractivity contribution < 1.29 is 30.5 Å². The van der Waals surface area contributed by atoms with Crippen molar-refractivity contribution in [2.24, 2.45) is 5.92 Å². The van der Waals surface area contributed by atoms with Crippen LogP contribution in [0, 0.1) is 5.92 Å². The Balaban J connectivity index is 1.81. The highest BCUT2D eigenvalue weighted by molar-refractivity contribution is 5.76. The summed E-state index contributed by atoms with van der Waals surface area (Å²) in [5, 5.41) is 3.06. The second-order valence-electron chi connectivity index (χ2n) is 6.00. The molecule has 5 nitrogen and oxygen atoms in total. The summed E-state index contributed by atoms with van der Waals surface area (Å²) in [4.78, 5) is 11.6. The van der Waals surface area contributed by atoms with Gasteiger partial charge in [-0.05, 0) is 48.8 Å². The molecule has 0 spiro atoms. The smallest absolute Gasteiger partial charge is 0.387 e. The summed E-state index contributed by atoms with van der Waals surface area (Å²) in [6.07, 6.45) is 1.90. The van der Waals surface area contributed by atoms with Crippen LogP contribution in [0.1, 0.15) is 33.5 Å². The van der Waals surface area contributed by atoms with Gasteiger partial charge in [0.15, 0.2) is 11.5 Å². The number of nitrogens with one attached hydrogen (secondary N) is 1. The summed E-state index contributed by atoms with van der Waals surface area (Å²) in [5.41, 5.74) is 0.757. The van der Waals surface area contributed by atoms with Crippen LogP contribution in [0.25, 0.3) is 0 Å². The quantitative estimate of drug-likeness (QED) is 0.772. The average Bonchev–Trinajstić information content (AvgIpc) is 3.34. The fourth-order valence-corrected chi connectivity index (χ4v) is 2.71. The molecule has 24 heavy (non-hydrogen) atoms. The van der Waals surface area contributed by atoms with Gasteiger partial charge in [0, 0.05) is 6.54 Å². The van der Waals surface area contributed by atoms with Gasteiger partial charge in [-0.3, -0.25) is 4.79 Å². The topological polar surface area (TPSA) is 56.8 Å². The van der Waals surface area contributed by atoms with E-state index in [9.17, 15) is 13.6 Å². The first-order valence-corrected chi connectivity index (χ1v) is 7.89. The third-order valence-electron chi connectivity index (χ3n) is 4.18. The molecule has 7 heteroatoms. The van der Waals surface area contributed by atoms with Gasteiger partial charge in [-0.25, -0.2) is 0 Å². The molecule has 1 aromatic carbocycles. The Kier molecular flexibility index (Phi) is 4.42. The molecule has 2 unspecified atom stereocenters. The Hall–Kier alpha value is -1.89. The van der Waals surface area contributed by atoms with Gasteiger partial charge in [-0.15, -0.1) is 0 Å². The molecule has 0 bridgehead atoms. The number of esters is 1. The lowest BCUT2D eigenvalue weighted by Crippen LogP contribution is -2.31. The van der Waals surface area contributed by atoms with E-state index in [0.29, 0.717) is 25.8 Å². The molecule has 1 aromatic rings. The van der Waals surface area contributed by atoms with Crippen LogP contribution in [0.4, 0.5) is 8.78 Å². The van der Waals surface area contributed by atoms with Crippen LogP contribution in [0.2, 0.25) is 0 Å².